The Labute approximate surface area is 264 Å². The van der Waals surface area contributed by atoms with Crippen LogP contribution in [0, 0.1) is 22.7 Å². The van der Waals surface area contributed by atoms with Crippen molar-refractivity contribution < 1.29 is 24.5 Å². The molecule has 0 saturated carbocycles. The van der Waals surface area contributed by atoms with Crippen molar-refractivity contribution in [1.29, 1.82) is 10.5 Å². The molecule has 0 heterocycles. The molecule has 0 unspecified atom stereocenters. The van der Waals surface area contributed by atoms with Crippen LogP contribution < -0.4 is 26.0 Å². The van der Waals surface area contributed by atoms with E-state index in [1.807, 2.05) is 54.6 Å². The number of phenols is 2. The third-order valence-corrected chi connectivity index (χ3v) is 6.41. The molecule has 0 aliphatic carbocycles. The Balaban J connectivity index is 0.000000212. The number of methoxy groups -OCH3 is 1. The molecule has 4 amide bonds. The Morgan fingerprint density at radius 2 is 1.00 bits per heavy atom. The van der Waals surface area contributed by atoms with Crippen molar-refractivity contribution >= 4 is 34.8 Å². The highest BCUT2D eigenvalue weighted by molar-refractivity contribution is 6.01. The number of hydrogen-bond donors (Lipinski definition) is 6. The third kappa shape index (κ3) is 8.53. The van der Waals surface area contributed by atoms with Gasteiger partial charge in [0, 0.05) is 11.4 Å². The summed E-state index contributed by atoms with van der Waals surface area (Å²) in [6.45, 7) is 0. The van der Waals surface area contributed by atoms with Crippen molar-refractivity contribution in [3.63, 3.8) is 0 Å². The van der Waals surface area contributed by atoms with Gasteiger partial charge in [0.2, 0.25) is 0 Å². The number of ether oxygens (including phenoxy) is 1. The van der Waals surface area contributed by atoms with E-state index in [-0.39, 0.29) is 34.0 Å². The molecule has 6 N–H and O–H groups in total. The predicted octanol–water partition coefficient (Wildman–Crippen LogP) is 7.49. The lowest BCUT2D eigenvalue weighted by molar-refractivity contribution is 0.261. The summed E-state index contributed by atoms with van der Waals surface area (Å²) in [5.74, 6) is 0.171. The first-order valence-corrected chi connectivity index (χ1v) is 13.7. The quantitative estimate of drug-likeness (QED) is 0.107. The van der Waals surface area contributed by atoms with E-state index in [1.54, 1.807) is 55.6 Å². The molecule has 228 valence electrons. The van der Waals surface area contributed by atoms with Gasteiger partial charge in [-0.2, -0.15) is 10.5 Å². The van der Waals surface area contributed by atoms with E-state index < -0.39 is 12.1 Å². The number of rotatable bonds is 6. The van der Waals surface area contributed by atoms with Gasteiger partial charge in [0.25, 0.3) is 0 Å². The second-order valence-corrected chi connectivity index (χ2v) is 9.46. The Bertz CT molecular complexity index is 1900. The molecule has 0 radical (unpaired) electrons. The number of nitrogens with one attached hydrogen (secondary N) is 4. The van der Waals surface area contributed by atoms with Crippen LogP contribution in [0.2, 0.25) is 0 Å². The zero-order valence-corrected chi connectivity index (χ0v) is 24.5. The number of phenolic OH excluding ortho intramolecular Hbond substituents is 2. The number of aromatic hydroxyl groups is 2. The summed E-state index contributed by atoms with van der Waals surface area (Å²) in [6.07, 6.45) is 0. The largest absolute Gasteiger partial charge is 0.504 e. The molecule has 46 heavy (non-hydrogen) atoms. The second kappa shape index (κ2) is 15.5. The van der Waals surface area contributed by atoms with Gasteiger partial charge in [0.1, 0.15) is 17.9 Å². The van der Waals surface area contributed by atoms with Crippen molar-refractivity contribution in [3.8, 4) is 40.5 Å². The second-order valence-electron chi connectivity index (χ2n) is 9.46. The molecular formula is C35H28N6O5. The highest BCUT2D eigenvalue weighted by atomic mass is 16.5. The average Bonchev–Trinajstić information content (AvgIpc) is 3.08. The molecule has 5 aromatic carbocycles. The Morgan fingerprint density at radius 1 is 0.565 bits per heavy atom. The summed E-state index contributed by atoms with van der Waals surface area (Å²) in [5.41, 5.74) is 3.87. The normalized spacial score (nSPS) is 9.72. The van der Waals surface area contributed by atoms with Crippen LogP contribution in [-0.4, -0.2) is 29.4 Å². The number of urea groups is 2. The molecule has 0 bridgehead atoms. The highest BCUT2D eigenvalue weighted by Crippen LogP contribution is 2.28. The molecule has 5 rings (SSSR count). The minimum absolute atomic E-state index is 0.0947. The lowest BCUT2D eigenvalue weighted by Gasteiger charge is -2.10. The Morgan fingerprint density at radius 3 is 1.43 bits per heavy atom. The maximum absolute atomic E-state index is 12.1. The number of benzene rings is 5. The average molecular weight is 613 g/mol. The number of nitriles is 2. The number of para-hydroxylation sites is 2. The molecular weight excluding hydrogens is 584 g/mol. The van der Waals surface area contributed by atoms with Crippen molar-refractivity contribution in [1.82, 2.24) is 0 Å². The Hall–Kier alpha value is -6.98. The summed E-state index contributed by atoms with van der Waals surface area (Å²) in [6, 6.07) is 35.9. The van der Waals surface area contributed by atoms with Gasteiger partial charge in [0.15, 0.2) is 11.5 Å². The maximum Gasteiger partial charge on any atom is 0.323 e. The van der Waals surface area contributed by atoms with Gasteiger partial charge in [0.05, 0.1) is 29.6 Å². The molecule has 0 aliphatic heterocycles. The van der Waals surface area contributed by atoms with Gasteiger partial charge in [-0.15, -0.1) is 0 Å². The van der Waals surface area contributed by atoms with Gasteiger partial charge in [-0.25, -0.2) is 9.59 Å². The van der Waals surface area contributed by atoms with Crippen LogP contribution in [0.3, 0.4) is 0 Å². The minimum Gasteiger partial charge on any atom is -0.504 e. The third-order valence-electron chi connectivity index (χ3n) is 6.41. The fraction of sp³-hybridized carbons (Fsp3) is 0.0286. The molecule has 0 spiro atoms. The molecule has 0 aliphatic rings. The minimum atomic E-state index is -0.523. The number of nitrogens with zero attached hydrogens (tertiary/aromatic N) is 2. The van der Waals surface area contributed by atoms with E-state index >= 15 is 0 Å². The first-order chi connectivity index (χ1) is 22.3. The summed E-state index contributed by atoms with van der Waals surface area (Å²) in [7, 11) is 1.56. The van der Waals surface area contributed by atoms with E-state index in [2.05, 4.69) is 21.3 Å². The maximum atomic E-state index is 12.1. The zero-order chi connectivity index (χ0) is 32.9. The van der Waals surface area contributed by atoms with Crippen LogP contribution in [0.1, 0.15) is 11.1 Å². The lowest BCUT2D eigenvalue weighted by Crippen LogP contribution is -2.19. The first kappa shape index (κ1) is 31.9. The van der Waals surface area contributed by atoms with Crippen LogP contribution in [0.15, 0.2) is 115 Å². The molecule has 0 aromatic heterocycles. The monoisotopic (exact) mass is 612 g/mol. The van der Waals surface area contributed by atoms with Crippen LogP contribution in [0.4, 0.5) is 32.3 Å². The Kier molecular flexibility index (Phi) is 10.7. The summed E-state index contributed by atoms with van der Waals surface area (Å²) >= 11 is 0. The van der Waals surface area contributed by atoms with Crippen LogP contribution >= 0.6 is 0 Å². The molecule has 11 heteroatoms. The molecule has 0 atom stereocenters. The van der Waals surface area contributed by atoms with E-state index in [0.717, 1.165) is 11.1 Å². The van der Waals surface area contributed by atoms with Crippen molar-refractivity contribution in [2.24, 2.45) is 0 Å². The fourth-order valence-electron chi connectivity index (χ4n) is 4.09. The van der Waals surface area contributed by atoms with Crippen molar-refractivity contribution in [2.45, 2.75) is 0 Å². The number of amides is 4. The number of carbonyl (C=O) groups is 2. The van der Waals surface area contributed by atoms with E-state index in [0.29, 0.717) is 17.1 Å². The number of hydrogen-bond acceptors (Lipinski definition) is 7. The van der Waals surface area contributed by atoms with Gasteiger partial charge < -0.3 is 36.2 Å². The van der Waals surface area contributed by atoms with Crippen LogP contribution in [0.5, 0.6) is 17.2 Å². The summed E-state index contributed by atoms with van der Waals surface area (Å²) < 4.78 is 5.02. The highest BCUT2D eigenvalue weighted by Gasteiger charge is 2.11. The van der Waals surface area contributed by atoms with Crippen LogP contribution in [0.25, 0.3) is 11.1 Å². The molecule has 0 fully saturated rings. The van der Waals surface area contributed by atoms with Gasteiger partial charge in [-0.3, -0.25) is 0 Å². The van der Waals surface area contributed by atoms with Gasteiger partial charge >= 0.3 is 12.1 Å². The zero-order valence-electron chi connectivity index (χ0n) is 24.5. The van der Waals surface area contributed by atoms with Gasteiger partial charge in [-0.05, 0) is 71.8 Å². The number of anilines is 4. The van der Waals surface area contributed by atoms with Crippen molar-refractivity contribution in [2.75, 3.05) is 28.4 Å². The molecule has 5 aromatic rings. The first-order valence-electron chi connectivity index (χ1n) is 13.7. The standard InChI is InChI=1S/C20H15N3O2.C15H13N3O3/c21-13-16-7-4-8-18(19(16)24)23-20(25)22-17-11-9-15(10-12-17)14-5-2-1-3-6-14;1-21-12-7-5-11(6-8-12)17-15(20)18-13-4-2-3-10(9-16)14(13)19/h1-12,24H,(H2,22,23,25);2-8,19H,1H3,(H2,17,18,20). The van der Waals surface area contributed by atoms with E-state index in [1.165, 1.54) is 24.3 Å². The summed E-state index contributed by atoms with van der Waals surface area (Å²) in [4.78, 5) is 23.9. The summed E-state index contributed by atoms with van der Waals surface area (Å²) in [5, 5.41) is 47.7. The SMILES string of the molecule is COc1ccc(NC(=O)Nc2cccc(C#N)c2O)cc1.N#Cc1cccc(NC(=O)Nc2ccc(-c3ccccc3)cc2)c1O. The fourth-order valence-corrected chi connectivity index (χ4v) is 4.09. The van der Waals surface area contributed by atoms with E-state index in [9.17, 15) is 19.8 Å². The van der Waals surface area contributed by atoms with Crippen LogP contribution in [-0.2, 0) is 0 Å². The smallest absolute Gasteiger partial charge is 0.323 e. The lowest BCUT2D eigenvalue weighted by atomic mass is 10.1. The van der Waals surface area contributed by atoms with Gasteiger partial charge in [-0.1, -0.05) is 54.6 Å². The van der Waals surface area contributed by atoms with E-state index in [4.69, 9.17) is 15.3 Å². The number of carbonyl (C=O) groups excluding carboxylic acids is 2. The van der Waals surface area contributed by atoms with Crippen molar-refractivity contribution in [3.05, 3.63) is 126 Å². The molecule has 11 nitrogen and oxygen atoms in total. The molecule has 0 saturated heterocycles. The predicted molar refractivity (Wildman–Crippen MR) is 176 cm³/mol. The topological polar surface area (TPSA) is 180 Å².